The summed E-state index contributed by atoms with van der Waals surface area (Å²) in [6.07, 6.45) is 67.9. The molecule has 0 rings (SSSR count). The van der Waals surface area contributed by atoms with E-state index in [1.54, 1.807) is 0 Å². The van der Waals surface area contributed by atoms with Gasteiger partial charge in [0.05, 0.1) is 19.8 Å². The van der Waals surface area contributed by atoms with Gasteiger partial charge < -0.3 is 24.2 Å². The van der Waals surface area contributed by atoms with E-state index in [4.69, 9.17) is 23.3 Å². The van der Waals surface area contributed by atoms with Gasteiger partial charge in [0.2, 0.25) is 0 Å². The van der Waals surface area contributed by atoms with Gasteiger partial charge in [-0.1, -0.05) is 208 Å². The highest BCUT2D eigenvalue weighted by Gasteiger charge is 2.28. The largest absolute Gasteiger partial charge is 0.472 e. The van der Waals surface area contributed by atoms with Gasteiger partial charge in [0.25, 0.3) is 0 Å². The number of ether oxygens (including phenoxy) is 3. The Morgan fingerprint density at radius 1 is 0.382 bits per heavy atom. The van der Waals surface area contributed by atoms with Crippen molar-refractivity contribution in [3.05, 3.63) is 97.2 Å². The van der Waals surface area contributed by atoms with E-state index in [1.807, 2.05) is 0 Å². The van der Waals surface area contributed by atoms with Gasteiger partial charge in [-0.05, 0) is 122 Å². The van der Waals surface area contributed by atoms with Gasteiger partial charge in [-0.3, -0.25) is 23.4 Å². The van der Waals surface area contributed by atoms with Crippen LogP contribution in [0, 0.1) is 0 Å². The number of phosphoric acid groups is 1. The highest BCUT2D eigenvalue weighted by atomic mass is 31.2. The van der Waals surface area contributed by atoms with Gasteiger partial charge in [0.1, 0.15) is 12.7 Å². The first-order chi connectivity index (χ1) is 37.2. The van der Waals surface area contributed by atoms with Crippen LogP contribution in [-0.2, 0) is 42.2 Å². The number of phosphoric ester groups is 1. The molecular weight excluding hydrogens is 976 g/mol. The summed E-state index contributed by atoms with van der Waals surface area (Å²) in [5, 5.41) is 9.82. The van der Waals surface area contributed by atoms with Gasteiger partial charge in [-0.2, -0.15) is 0 Å². The van der Waals surface area contributed by atoms with Crippen LogP contribution in [0.3, 0.4) is 0 Å². The predicted octanol–water partition coefficient (Wildman–Crippen LogP) is 18.0. The van der Waals surface area contributed by atoms with Gasteiger partial charge in [0, 0.05) is 19.3 Å². The van der Waals surface area contributed by atoms with Gasteiger partial charge in [0.15, 0.2) is 6.10 Å². The minimum atomic E-state index is -4.77. The van der Waals surface area contributed by atoms with Crippen molar-refractivity contribution in [3.63, 3.8) is 0 Å². The van der Waals surface area contributed by atoms with E-state index in [-0.39, 0.29) is 25.9 Å². The number of allylic oxidation sites excluding steroid dienone is 16. The lowest BCUT2D eigenvalue weighted by Crippen LogP contribution is -2.30. The van der Waals surface area contributed by atoms with Crippen LogP contribution in [-0.4, -0.2) is 66.5 Å². The number of carbonyl (C=O) groups excluding carboxylic acids is 3. The Morgan fingerprint density at radius 3 is 1.12 bits per heavy atom. The van der Waals surface area contributed by atoms with Crippen LogP contribution in [0.1, 0.15) is 252 Å². The topological polar surface area (TPSA) is 155 Å². The van der Waals surface area contributed by atoms with Crippen molar-refractivity contribution in [3.8, 4) is 0 Å². The van der Waals surface area contributed by atoms with Crippen LogP contribution in [0.25, 0.3) is 0 Å². The lowest BCUT2D eigenvalue weighted by molar-refractivity contribution is -0.161. The number of unbranched alkanes of at least 4 members (excludes halogenated alkanes) is 22. The van der Waals surface area contributed by atoms with E-state index >= 15 is 0 Å². The number of hydrogen-bond donors (Lipinski definition) is 2. The van der Waals surface area contributed by atoms with Gasteiger partial charge in [-0.25, -0.2) is 4.57 Å². The molecule has 0 saturated heterocycles. The molecule has 0 aromatic heterocycles. The summed E-state index contributed by atoms with van der Waals surface area (Å²) in [6, 6.07) is 0. The molecule has 0 heterocycles. The monoisotopic (exact) mass is 1080 g/mol. The van der Waals surface area contributed by atoms with Crippen LogP contribution in [0.4, 0.5) is 0 Å². The van der Waals surface area contributed by atoms with E-state index in [2.05, 4.69) is 118 Å². The second kappa shape index (κ2) is 57.6. The lowest BCUT2D eigenvalue weighted by Gasteiger charge is -2.21. The fourth-order valence-corrected chi connectivity index (χ4v) is 8.66. The minimum absolute atomic E-state index is 0.120. The Hall–Kier alpha value is -3.60. The molecule has 3 unspecified atom stereocenters. The third-order valence-electron chi connectivity index (χ3n) is 12.5. The Kier molecular flexibility index (Phi) is 54.8. The Morgan fingerprint density at radius 2 is 0.684 bits per heavy atom. The second-order valence-corrected chi connectivity index (χ2v) is 21.2. The first kappa shape index (κ1) is 72.4. The zero-order valence-electron chi connectivity index (χ0n) is 48.2. The van der Waals surface area contributed by atoms with Crippen LogP contribution >= 0.6 is 7.82 Å². The highest BCUT2D eigenvalue weighted by Crippen LogP contribution is 2.43. The Labute approximate surface area is 463 Å². The molecule has 0 radical (unpaired) electrons. The smallest absolute Gasteiger partial charge is 0.462 e. The summed E-state index contributed by atoms with van der Waals surface area (Å²) >= 11 is 0. The van der Waals surface area contributed by atoms with E-state index in [0.717, 1.165) is 128 Å². The molecule has 0 amide bonds. The molecule has 0 spiro atoms. The average Bonchev–Trinajstić information content (AvgIpc) is 3.41. The van der Waals surface area contributed by atoms with Gasteiger partial charge >= 0.3 is 25.7 Å². The Balaban J connectivity index is 4.80. The molecule has 0 aliphatic carbocycles. The standard InChI is InChI=1S/C64H109O11P/c1-4-7-10-13-16-19-22-25-28-29-30-31-34-37-40-43-46-49-52-55-64(68)75-61(57-71-62(66)53-50-47-44-41-38-35-32-26-23-20-17-14-11-8-5-2)59-73-76(69,70)72-58-60(56-65)74-63(67)54-51-48-45-42-39-36-33-27-24-21-18-15-12-9-6-3/h9,12,16,18-19,21,25-28,30-33,39,42,60-61,65H,4-8,10-11,13-15,17,20,22-24,29,34-38,40-41,43-59H2,1-3H3,(H,69,70)/b12-9-,19-16-,21-18-,28-25-,31-30-,32-26-,33-27-,42-39-. The number of aliphatic hydroxyl groups is 1. The second-order valence-electron chi connectivity index (χ2n) is 19.8. The molecule has 436 valence electrons. The summed E-state index contributed by atoms with van der Waals surface area (Å²) in [5.41, 5.74) is 0. The lowest BCUT2D eigenvalue weighted by atomic mass is 10.1. The molecule has 0 saturated carbocycles. The Bertz CT molecular complexity index is 1640. The van der Waals surface area contributed by atoms with Crippen molar-refractivity contribution in [1.29, 1.82) is 0 Å². The molecule has 76 heavy (non-hydrogen) atoms. The molecular formula is C64H109O11P. The molecule has 0 bridgehead atoms. The van der Waals surface area contributed by atoms with Gasteiger partial charge in [-0.15, -0.1) is 0 Å². The third-order valence-corrected chi connectivity index (χ3v) is 13.4. The fourth-order valence-electron chi connectivity index (χ4n) is 7.88. The summed E-state index contributed by atoms with van der Waals surface area (Å²) in [7, 11) is -4.77. The molecule has 2 N–H and O–H groups in total. The molecule has 11 nitrogen and oxygen atoms in total. The quantitative estimate of drug-likeness (QED) is 0.0197. The SMILES string of the molecule is CC/C=C\C/C=C\C/C=C\C/C=C\CCCCC(=O)OC(CO)COP(=O)(O)OCC(COC(=O)CCCCCCC/C=C\CCCCCCCC)OC(=O)CCCCCCCC/C=C\C/C=C\C/C=C\CCCCC. The summed E-state index contributed by atoms with van der Waals surface area (Å²) in [5.74, 6) is -1.53. The summed E-state index contributed by atoms with van der Waals surface area (Å²) in [4.78, 5) is 48.6. The molecule has 0 aliphatic heterocycles. The first-order valence-corrected chi connectivity index (χ1v) is 31.6. The number of esters is 3. The van der Waals surface area contributed by atoms with E-state index in [1.165, 1.54) is 64.2 Å². The van der Waals surface area contributed by atoms with Crippen molar-refractivity contribution in [1.82, 2.24) is 0 Å². The van der Waals surface area contributed by atoms with E-state index in [9.17, 15) is 28.9 Å². The molecule has 0 aliphatic rings. The normalized spacial score (nSPS) is 14.0. The molecule has 0 fully saturated rings. The zero-order valence-corrected chi connectivity index (χ0v) is 49.1. The third kappa shape index (κ3) is 55.2. The maximum absolute atomic E-state index is 12.9. The van der Waals surface area contributed by atoms with Crippen molar-refractivity contribution in [2.75, 3.05) is 26.4 Å². The number of aliphatic hydroxyl groups excluding tert-OH is 1. The maximum atomic E-state index is 12.9. The zero-order chi connectivity index (χ0) is 55.5. The van der Waals surface area contributed by atoms with Crippen molar-refractivity contribution >= 4 is 25.7 Å². The van der Waals surface area contributed by atoms with Crippen LogP contribution < -0.4 is 0 Å². The maximum Gasteiger partial charge on any atom is 0.472 e. The van der Waals surface area contributed by atoms with Crippen LogP contribution in [0.15, 0.2) is 97.2 Å². The molecule has 0 aromatic carbocycles. The average molecular weight is 1090 g/mol. The van der Waals surface area contributed by atoms with Crippen LogP contribution in [0.2, 0.25) is 0 Å². The molecule has 0 aromatic rings. The highest BCUT2D eigenvalue weighted by molar-refractivity contribution is 7.47. The number of hydrogen-bond acceptors (Lipinski definition) is 10. The van der Waals surface area contributed by atoms with Crippen molar-refractivity contribution in [2.45, 2.75) is 264 Å². The van der Waals surface area contributed by atoms with Crippen molar-refractivity contribution in [2.24, 2.45) is 0 Å². The van der Waals surface area contributed by atoms with Crippen LogP contribution in [0.5, 0.6) is 0 Å². The summed E-state index contributed by atoms with van der Waals surface area (Å²) in [6.45, 7) is 4.43. The predicted molar refractivity (Wildman–Crippen MR) is 316 cm³/mol. The van der Waals surface area contributed by atoms with E-state index < -0.39 is 57.8 Å². The fraction of sp³-hybridized carbons (Fsp3) is 0.703. The van der Waals surface area contributed by atoms with E-state index in [0.29, 0.717) is 19.3 Å². The molecule has 3 atom stereocenters. The summed E-state index contributed by atoms with van der Waals surface area (Å²) < 4.78 is 39.5. The minimum Gasteiger partial charge on any atom is -0.462 e. The first-order valence-electron chi connectivity index (χ1n) is 30.1. The van der Waals surface area contributed by atoms with Crippen molar-refractivity contribution < 1.29 is 52.2 Å². The molecule has 12 heteroatoms. The number of rotatable bonds is 55. The number of carbonyl (C=O) groups is 3.